The standard InChI is InChI=1S/C20H26N2O4/c23-18(16-9-2-3-10-17(16)20(25)26)21-15-8-6-7-14(13-15)19(24)22-11-4-1-5-12-22/h6-8,13,16-17H,1-5,9-12H2,(H,21,23)(H,25,26)/p-1/t16-,17-/m0/s1. The third-order valence-corrected chi connectivity index (χ3v) is 5.43. The lowest BCUT2D eigenvalue weighted by atomic mass is 9.78. The number of carbonyl (C=O) groups excluding carboxylic acids is 3. The van der Waals surface area contributed by atoms with Crippen molar-refractivity contribution >= 4 is 23.5 Å². The predicted molar refractivity (Wildman–Crippen MR) is 95.3 cm³/mol. The number of carboxylic acids is 1. The fourth-order valence-electron chi connectivity index (χ4n) is 3.97. The van der Waals surface area contributed by atoms with Gasteiger partial charge in [0, 0.05) is 42.1 Å². The molecule has 26 heavy (non-hydrogen) atoms. The Labute approximate surface area is 153 Å². The van der Waals surface area contributed by atoms with Gasteiger partial charge in [0.15, 0.2) is 0 Å². The Bertz CT molecular complexity index is 682. The number of likely N-dealkylation sites (tertiary alicyclic amines) is 1. The van der Waals surface area contributed by atoms with Crippen molar-refractivity contribution in [1.29, 1.82) is 0 Å². The maximum atomic E-state index is 12.6. The summed E-state index contributed by atoms with van der Waals surface area (Å²) in [5.74, 6) is -2.79. The Hall–Kier alpha value is -2.37. The average Bonchev–Trinajstić information content (AvgIpc) is 2.68. The maximum Gasteiger partial charge on any atom is 0.253 e. The van der Waals surface area contributed by atoms with Crippen LogP contribution in [0.1, 0.15) is 55.3 Å². The molecule has 0 radical (unpaired) electrons. The third kappa shape index (κ3) is 4.23. The number of hydrogen-bond donors (Lipinski definition) is 1. The van der Waals surface area contributed by atoms with Gasteiger partial charge >= 0.3 is 0 Å². The molecular formula is C20H25N2O4-. The summed E-state index contributed by atoms with van der Waals surface area (Å²) >= 11 is 0. The van der Waals surface area contributed by atoms with Gasteiger partial charge in [0.2, 0.25) is 5.91 Å². The van der Waals surface area contributed by atoms with Crippen LogP contribution < -0.4 is 10.4 Å². The van der Waals surface area contributed by atoms with Crippen molar-refractivity contribution in [2.24, 2.45) is 11.8 Å². The lowest BCUT2D eigenvalue weighted by Gasteiger charge is -2.31. The molecule has 2 aliphatic rings. The molecule has 6 heteroatoms. The molecule has 2 atom stereocenters. The number of anilines is 1. The summed E-state index contributed by atoms with van der Waals surface area (Å²) in [6, 6.07) is 6.88. The van der Waals surface area contributed by atoms with Crippen molar-refractivity contribution < 1.29 is 19.5 Å². The van der Waals surface area contributed by atoms with Crippen LogP contribution in [-0.2, 0) is 9.59 Å². The van der Waals surface area contributed by atoms with Gasteiger partial charge in [-0.25, -0.2) is 0 Å². The smallest absolute Gasteiger partial charge is 0.253 e. The van der Waals surface area contributed by atoms with Crippen molar-refractivity contribution in [2.45, 2.75) is 44.9 Å². The van der Waals surface area contributed by atoms with E-state index in [2.05, 4.69) is 5.32 Å². The lowest BCUT2D eigenvalue weighted by Crippen LogP contribution is -2.42. The SMILES string of the molecule is O=C([O-])[C@H]1CCCC[C@@H]1C(=O)Nc1cccc(C(=O)N2CCCCC2)c1. The van der Waals surface area contributed by atoms with Crippen molar-refractivity contribution in [3.8, 4) is 0 Å². The van der Waals surface area contributed by atoms with Crippen LogP contribution in [0.4, 0.5) is 5.69 Å². The van der Waals surface area contributed by atoms with Crippen molar-refractivity contribution in [3.05, 3.63) is 29.8 Å². The van der Waals surface area contributed by atoms with E-state index >= 15 is 0 Å². The van der Waals surface area contributed by atoms with E-state index in [4.69, 9.17) is 0 Å². The molecule has 0 bridgehead atoms. The van der Waals surface area contributed by atoms with Gasteiger partial charge in [-0.1, -0.05) is 18.9 Å². The van der Waals surface area contributed by atoms with Crippen molar-refractivity contribution in [3.63, 3.8) is 0 Å². The molecule has 0 spiro atoms. The van der Waals surface area contributed by atoms with Crippen molar-refractivity contribution in [2.75, 3.05) is 18.4 Å². The summed E-state index contributed by atoms with van der Waals surface area (Å²) in [4.78, 5) is 38.3. The molecule has 1 aromatic carbocycles. The molecular weight excluding hydrogens is 332 g/mol. The van der Waals surface area contributed by atoms with Gasteiger partial charge in [-0.2, -0.15) is 0 Å². The third-order valence-electron chi connectivity index (χ3n) is 5.43. The maximum absolute atomic E-state index is 12.6. The fourth-order valence-corrected chi connectivity index (χ4v) is 3.97. The van der Waals surface area contributed by atoms with E-state index in [0.717, 1.165) is 45.2 Å². The highest BCUT2D eigenvalue weighted by molar-refractivity contribution is 5.98. The van der Waals surface area contributed by atoms with Crippen LogP contribution in [0.15, 0.2) is 24.3 Å². The molecule has 0 aromatic heterocycles. The van der Waals surface area contributed by atoms with E-state index in [-0.39, 0.29) is 11.8 Å². The number of hydrogen-bond acceptors (Lipinski definition) is 4. The van der Waals surface area contributed by atoms with E-state index in [1.807, 2.05) is 4.90 Å². The molecule has 1 aliphatic heterocycles. The highest BCUT2D eigenvalue weighted by Crippen LogP contribution is 2.31. The van der Waals surface area contributed by atoms with Gasteiger partial charge in [0.1, 0.15) is 0 Å². The number of carboxylic acid groups (broad SMARTS) is 1. The van der Waals surface area contributed by atoms with Gasteiger partial charge in [-0.05, 0) is 50.3 Å². The number of amides is 2. The van der Waals surface area contributed by atoms with E-state index in [1.54, 1.807) is 24.3 Å². The Morgan fingerprint density at radius 3 is 2.35 bits per heavy atom. The first kappa shape index (κ1) is 18.4. The van der Waals surface area contributed by atoms with Crippen LogP contribution in [0.2, 0.25) is 0 Å². The number of benzene rings is 1. The molecule has 1 aliphatic carbocycles. The minimum absolute atomic E-state index is 0.0222. The van der Waals surface area contributed by atoms with Gasteiger partial charge in [0.05, 0.1) is 0 Å². The van der Waals surface area contributed by atoms with Gasteiger partial charge in [-0.3, -0.25) is 9.59 Å². The molecule has 1 saturated heterocycles. The quantitative estimate of drug-likeness (QED) is 0.890. The first-order valence-corrected chi connectivity index (χ1v) is 9.47. The van der Waals surface area contributed by atoms with Crippen molar-refractivity contribution in [1.82, 2.24) is 4.90 Å². The zero-order valence-electron chi connectivity index (χ0n) is 14.9. The van der Waals surface area contributed by atoms with E-state index in [0.29, 0.717) is 24.1 Å². The van der Waals surface area contributed by atoms with E-state index < -0.39 is 17.8 Å². The van der Waals surface area contributed by atoms with Crippen LogP contribution >= 0.6 is 0 Å². The summed E-state index contributed by atoms with van der Waals surface area (Å²) in [7, 11) is 0. The molecule has 1 heterocycles. The predicted octanol–water partition coefficient (Wildman–Crippen LogP) is 1.81. The normalized spacial score (nSPS) is 23.3. The van der Waals surface area contributed by atoms with E-state index in [1.165, 1.54) is 0 Å². The second-order valence-corrected chi connectivity index (χ2v) is 7.24. The van der Waals surface area contributed by atoms with Crippen LogP contribution in [0, 0.1) is 11.8 Å². The Morgan fingerprint density at radius 1 is 0.962 bits per heavy atom. The molecule has 0 unspecified atom stereocenters. The number of nitrogens with zero attached hydrogens (tertiary/aromatic N) is 1. The Kier molecular flexibility index (Phi) is 5.91. The van der Waals surface area contributed by atoms with Crippen LogP contribution in [0.25, 0.3) is 0 Å². The number of aliphatic carboxylic acids is 1. The number of piperidine rings is 1. The summed E-state index contributed by atoms with van der Waals surface area (Å²) in [5, 5.41) is 14.1. The molecule has 2 amide bonds. The zero-order chi connectivity index (χ0) is 18.5. The Balaban J connectivity index is 1.68. The molecule has 2 fully saturated rings. The van der Waals surface area contributed by atoms with Gasteiger partial charge in [-0.15, -0.1) is 0 Å². The lowest BCUT2D eigenvalue weighted by molar-refractivity contribution is -0.313. The molecule has 140 valence electrons. The monoisotopic (exact) mass is 357 g/mol. The molecule has 3 rings (SSSR count). The first-order valence-electron chi connectivity index (χ1n) is 9.47. The first-order chi connectivity index (χ1) is 12.6. The molecule has 1 N–H and O–H groups in total. The van der Waals surface area contributed by atoms with Gasteiger partial charge < -0.3 is 20.1 Å². The second-order valence-electron chi connectivity index (χ2n) is 7.24. The van der Waals surface area contributed by atoms with E-state index in [9.17, 15) is 19.5 Å². The molecule has 6 nitrogen and oxygen atoms in total. The minimum Gasteiger partial charge on any atom is -0.550 e. The highest BCUT2D eigenvalue weighted by Gasteiger charge is 2.31. The second kappa shape index (κ2) is 8.34. The van der Waals surface area contributed by atoms with Gasteiger partial charge in [0.25, 0.3) is 5.91 Å². The van der Waals surface area contributed by atoms with Crippen LogP contribution in [-0.4, -0.2) is 35.8 Å². The molecule has 1 aromatic rings. The average molecular weight is 357 g/mol. The van der Waals surface area contributed by atoms with Crippen LogP contribution in [0.5, 0.6) is 0 Å². The summed E-state index contributed by atoms with van der Waals surface area (Å²) in [6.45, 7) is 1.54. The fraction of sp³-hybridized carbons (Fsp3) is 0.550. The minimum atomic E-state index is -1.15. The van der Waals surface area contributed by atoms with Crippen LogP contribution in [0.3, 0.4) is 0 Å². The summed E-state index contributed by atoms with van der Waals surface area (Å²) < 4.78 is 0. The Morgan fingerprint density at radius 2 is 1.65 bits per heavy atom. The summed E-state index contributed by atoms with van der Waals surface area (Å²) in [6.07, 6.45) is 5.88. The zero-order valence-corrected chi connectivity index (χ0v) is 14.9. The largest absolute Gasteiger partial charge is 0.550 e. The number of carbonyl (C=O) groups is 3. The number of nitrogens with one attached hydrogen (secondary N) is 1. The highest BCUT2D eigenvalue weighted by atomic mass is 16.4. The summed E-state index contributed by atoms with van der Waals surface area (Å²) in [5.41, 5.74) is 1.07. The molecule has 1 saturated carbocycles. The topological polar surface area (TPSA) is 89.5 Å². The number of rotatable bonds is 4.